The van der Waals surface area contributed by atoms with Crippen molar-refractivity contribution in [1.82, 2.24) is 29.8 Å². The number of piperidine rings is 3. The maximum absolute atomic E-state index is 6.41. The summed E-state index contributed by atoms with van der Waals surface area (Å²) >= 11 is 0. The lowest BCUT2D eigenvalue weighted by Gasteiger charge is -2.51. The summed E-state index contributed by atoms with van der Waals surface area (Å²) < 4.78 is 31.8. The Morgan fingerprint density at radius 3 is 1.13 bits per heavy atom. The van der Waals surface area contributed by atoms with Crippen molar-refractivity contribution < 1.29 is 22.1 Å². The fourth-order valence-corrected chi connectivity index (χ4v) is 28.6. The Bertz CT molecular complexity index is 7380. The summed E-state index contributed by atoms with van der Waals surface area (Å²) in [5.74, 6) is 2.74. The molecule has 26 rings (SSSR count). The van der Waals surface area contributed by atoms with Crippen molar-refractivity contribution in [2.45, 2.75) is 290 Å². The summed E-state index contributed by atoms with van der Waals surface area (Å²) in [5, 5.41) is 11.5. The van der Waals surface area contributed by atoms with Gasteiger partial charge < -0.3 is 46.6 Å². The van der Waals surface area contributed by atoms with Gasteiger partial charge in [-0.3, -0.25) is 4.90 Å². The van der Waals surface area contributed by atoms with Gasteiger partial charge in [-0.15, -0.1) is 0 Å². The van der Waals surface area contributed by atoms with Gasteiger partial charge in [0.05, 0.1) is 46.2 Å². The van der Waals surface area contributed by atoms with Gasteiger partial charge in [0.15, 0.2) is 27.9 Å². The molecule has 672 valence electrons. The van der Waals surface area contributed by atoms with Gasteiger partial charge in [-0.1, -0.05) is 140 Å². The van der Waals surface area contributed by atoms with E-state index in [0.29, 0.717) is 70.5 Å². The van der Waals surface area contributed by atoms with E-state index in [1.165, 1.54) is 146 Å². The second-order valence-electron chi connectivity index (χ2n) is 44.1. The molecule has 17 atom stereocenters. The summed E-state index contributed by atoms with van der Waals surface area (Å²) in [6, 6.07) is 55.2. The van der Waals surface area contributed by atoms with Crippen LogP contribution in [0.4, 0.5) is 28.4 Å². The van der Waals surface area contributed by atoms with E-state index in [4.69, 9.17) is 22.1 Å². The minimum atomic E-state index is 0.128. The Hall–Kier alpha value is -11.0. The zero-order chi connectivity index (χ0) is 91.1. The first-order valence-electron chi connectivity index (χ1n) is 48.6. The fourth-order valence-electron chi connectivity index (χ4n) is 28.6. The molecule has 4 aliphatic carbocycles. The number of hydrogen-bond acceptors (Lipinski definition) is 16. The number of benzene rings is 6. The summed E-state index contributed by atoms with van der Waals surface area (Å²) in [4.78, 5) is 39.0. The van der Waals surface area contributed by atoms with E-state index in [9.17, 15) is 0 Å². The highest BCUT2D eigenvalue weighted by molar-refractivity contribution is 6.13. The quantitative estimate of drug-likeness (QED) is 0.161. The second kappa shape index (κ2) is 29.0. The van der Waals surface area contributed by atoms with E-state index in [2.05, 4.69) is 345 Å². The molecular weight excluding hydrogens is 1600 g/mol. The van der Waals surface area contributed by atoms with Crippen LogP contribution in [0.1, 0.15) is 235 Å². The number of aromatic nitrogens is 5. The molecule has 9 fully saturated rings. The van der Waals surface area contributed by atoms with Crippen molar-refractivity contribution in [3.8, 4) is 0 Å². The Morgan fingerprint density at radius 1 is 0.362 bits per heavy atom. The summed E-state index contributed by atoms with van der Waals surface area (Å²) in [6.45, 7) is 62.4. The molecule has 6 aliphatic heterocycles. The maximum Gasteiger partial charge on any atom is 0.227 e. The standard InChI is InChI=1S/C24H22N2O.2C24H30N2O.C22H26N2O.C20H23N3O/c1-13-8-10-18-19-11-9-14(2)25-24(19)27-23(18)22(13)26-15(3)20-12-21(26)17-7-5-4-6-16(17)20;1-14-8-10-17-18-11-9-15(2)25-21(18)27-20(17)19(14)26-16(3)23(6)12-13-24(26,7)22(23,4)5;1-13-8-10-18-19-11-9-14(2)25-22(19)27-21(18)20(13)26-17(5)23(6)12-24(26,7)16(4)15(23)3;1-12-6-8-15-16-9-7-13(2)23-21(16)25-20(15)19(12)24-14(3)17-10-11-18(24)22(17,4)5;1-12-5-7-15-16-8-6-13(2)21-19(16)24-18(15)17(12)23-14(3)22-10-9-20(23,4)11-22/h4-11,15,20-21H,12H2,1-3H3;8-11,16H,12-13H2,1-7H3;8-11,15-17H,12H2,1-7H3;6-9,14,17-18H,10-11H2,1-5H3;5-8,14H,9-11H2,1-4H3. The van der Waals surface area contributed by atoms with Crippen LogP contribution in [0.25, 0.3) is 110 Å². The van der Waals surface area contributed by atoms with Gasteiger partial charge in [-0.25, -0.2) is 24.9 Å². The average Bonchev–Trinajstić information content (AvgIpc) is 1.50. The smallest absolute Gasteiger partial charge is 0.227 e. The van der Waals surface area contributed by atoms with Crippen molar-refractivity contribution >= 4 is 139 Å². The minimum Gasteiger partial charge on any atom is -0.436 e. The third kappa shape index (κ3) is 11.7. The normalized spacial score (nSPS) is 29.7. The third-order valence-electron chi connectivity index (χ3n) is 37.0. The Kier molecular flexibility index (Phi) is 18.9. The molecule has 6 aromatic carbocycles. The molecule has 10 aliphatic rings. The van der Waals surface area contributed by atoms with E-state index in [1.54, 1.807) is 0 Å². The number of hydrogen-bond donors (Lipinski definition) is 0. The molecule has 16 heterocycles. The van der Waals surface area contributed by atoms with Crippen LogP contribution in [0, 0.1) is 109 Å². The van der Waals surface area contributed by atoms with Crippen LogP contribution in [-0.2, 0) is 0 Å². The van der Waals surface area contributed by atoms with Crippen molar-refractivity contribution in [3.05, 3.63) is 213 Å². The number of pyridine rings is 5. The number of anilines is 5. The molecule has 17 unspecified atom stereocenters. The van der Waals surface area contributed by atoms with E-state index < -0.39 is 0 Å². The first-order chi connectivity index (χ1) is 61.8. The summed E-state index contributed by atoms with van der Waals surface area (Å²) in [6.07, 6.45) is 9.24. The van der Waals surface area contributed by atoms with E-state index in [1.807, 2.05) is 34.6 Å². The SMILES string of the molecule is Cc1ccc2c(n1)oc1c(N3C(C)C4(C)CC3(C)C(C)C4C)c(C)ccc12.Cc1ccc2c(n1)oc1c(N3C(C)C4(C)CCC3(C)C4(C)C)c(C)ccc12.Cc1ccc2c(n1)oc1c(N3C(C)C4CCC3C4(C)C)c(C)ccc12.Cc1ccc2c(n1)oc1c(N3C(C)N4CCC3(C)C4)c(C)ccc12.Cc1ccc2c(n1)oc1c(N3C4CC(c5ccccc54)C3C)c(C)ccc12. The molecule has 0 spiro atoms. The van der Waals surface area contributed by atoms with Gasteiger partial charge in [0.25, 0.3) is 0 Å². The molecule has 130 heavy (non-hydrogen) atoms. The third-order valence-corrected chi connectivity index (χ3v) is 37.0. The lowest BCUT2D eigenvalue weighted by atomic mass is 9.65. The largest absolute Gasteiger partial charge is 0.436 e. The Labute approximate surface area is 765 Å². The highest BCUT2D eigenvalue weighted by atomic mass is 16.4. The Morgan fingerprint density at radius 2 is 0.746 bits per heavy atom. The second-order valence-corrected chi connectivity index (χ2v) is 44.1. The predicted octanol–water partition coefficient (Wildman–Crippen LogP) is 28.5. The van der Waals surface area contributed by atoms with E-state index >= 15 is 0 Å². The zero-order valence-corrected chi connectivity index (χ0v) is 81.5. The molecule has 0 N–H and O–H groups in total. The summed E-state index contributed by atoms with van der Waals surface area (Å²) in [7, 11) is 0. The number of rotatable bonds is 5. The van der Waals surface area contributed by atoms with Gasteiger partial charge in [0.2, 0.25) is 28.6 Å². The number of fused-ring (bicyclic) bond motifs is 28. The topological polar surface area (TPSA) is 150 Å². The first-order valence-corrected chi connectivity index (χ1v) is 48.6. The van der Waals surface area contributed by atoms with Gasteiger partial charge in [-0.2, -0.15) is 0 Å². The van der Waals surface area contributed by atoms with Crippen molar-refractivity contribution in [1.29, 1.82) is 0 Å². The molecule has 16 heteroatoms. The van der Waals surface area contributed by atoms with Gasteiger partial charge in [0, 0.05) is 143 Å². The fraction of sp³-hybridized carbons (Fsp3) is 0.465. The van der Waals surface area contributed by atoms with Crippen LogP contribution in [0.3, 0.4) is 0 Å². The first kappa shape index (κ1) is 84.6. The lowest BCUT2D eigenvalue weighted by Crippen LogP contribution is -2.56. The maximum atomic E-state index is 6.41. The van der Waals surface area contributed by atoms with E-state index in [0.717, 1.165) is 130 Å². The predicted molar refractivity (Wildman–Crippen MR) is 535 cm³/mol. The van der Waals surface area contributed by atoms with Crippen LogP contribution in [0.15, 0.2) is 168 Å². The minimum absolute atomic E-state index is 0.128. The highest BCUT2D eigenvalue weighted by Gasteiger charge is 2.71. The van der Waals surface area contributed by atoms with Crippen LogP contribution >= 0.6 is 0 Å². The van der Waals surface area contributed by atoms with Crippen molar-refractivity contribution in [2.75, 3.05) is 37.6 Å². The van der Waals surface area contributed by atoms with Gasteiger partial charge in [0.1, 0.15) is 0 Å². The van der Waals surface area contributed by atoms with Crippen LogP contribution in [-0.4, -0.2) is 95.9 Å². The number of furan rings is 5. The highest BCUT2D eigenvalue weighted by Crippen LogP contribution is 2.71. The summed E-state index contributed by atoms with van der Waals surface area (Å²) in [5.41, 5.74) is 31.3. The lowest BCUT2D eigenvalue weighted by molar-refractivity contribution is 0.132. The zero-order valence-electron chi connectivity index (χ0n) is 81.5. The van der Waals surface area contributed by atoms with Crippen LogP contribution < -0.4 is 24.5 Å². The molecule has 0 radical (unpaired) electrons. The monoisotopic (exact) mass is 1730 g/mol. The van der Waals surface area contributed by atoms with Crippen LogP contribution in [0.2, 0.25) is 0 Å². The molecule has 6 saturated heterocycles. The Balaban J connectivity index is 0.0000000954. The van der Waals surface area contributed by atoms with E-state index in [-0.39, 0.29) is 22.0 Å². The van der Waals surface area contributed by atoms with Gasteiger partial charge in [-0.05, 0) is 309 Å². The molecular formula is C114H131N11O5. The molecule has 3 saturated carbocycles. The van der Waals surface area contributed by atoms with Crippen molar-refractivity contribution in [2.24, 2.45) is 39.4 Å². The molecule has 0 amide bonds. The average molecular weight is 1740 g/mol. The van der Waals surface area contributed by atoms with Crippen molar-refractivity contribution in [3.63, 3.8) is 0 Å². The molecule has 10 aromatic heterocycles. The number of nitrogens with zero attached hydrogens (tertiary/aromatic N) is 11. The van der Waals surface area contributed by atoms with Gasteiger partial charge >= 0.3 is 0 Å². The molecule has 16 nitrogen and oxygen atoms in total. The molecule has 10 bridgehead atoms. The van der Waals surface area contributed by atoms with Crippen LogP contribution in [0.5, 0.6) is 0 Å². The number of aryl methyl sites for hydroxylation is 10. The molecule has 16 aromatic rings.